The molecule has 0 radical (unpaired) electrons. The number of amides is 2. The average Bonchev–Trinajstić information content (AvgIpc) is 2.61. The average molecular weight is 332 g/mol. The predicted octanol–water partition coefficient (Wildman–Crippen LogP) is 0.947. The van der Waals surface area contributed by atoms with Crippen LogP contribution in [0.5, 0.6) is 0 Å². The van der Waals surface area contributed by atoms with Gasteiger partial charge < -0.3 is 14.5 Å². The van der Waals surface area contributed by atoms with Crippen molar-refractivity contribution in [2.24, 2.45) is 0 Å². The van der Waals surface area contributed by atoms with Gasteiger partial charge in [0, 0.05) is 25.8 Å². The van der Waals surface area contributed by atoms with Crippen LogP contribution in [0.1, 0.15) is 41.1 Å². The smallest absolute Gasteiger partial charge is 0.257 e. The van der Waals surface area contributed by atoms with E-state index in [1.807, 2.05) is 4.90 Å². The van der Waals surface area contributed by atoms with Gasteiger partial charge in [0.15, 0.2) is 6.10 Å². The Labute approximate surface area is 142 Å². The largest absolute Gasteiger partial charge is 0.365 e. The van der Waals surface area contributed by atoms with Crippen LogP contribution in [0.25, 0.3) is 0 Å². The van der Waals surface area contributed by atoms with Crippen LogP contribution in [-0.4, -0.2) is 70.5 Å². The molecule has 0 spiro atoms. The third-order valence-corrected chi connectivity index (χ3v) is 4.63. The molecular weight excluding hydrogens is 308 g/mol. The van der Waals surface area contributed by atoms with E-state index in [1.165, 1.54) is 6.42 Å². The number of hydrogen-bond acceptors (Lipinski definition) is 5. The second-order valence-electron chi connectivity index (χ2n) is 6.41. The molecule has 2 aliphatic heterocycles. The van der Waals surface area contributed by atoms with Crippen LogP contribution in [0.15, 0.2) is 6.20 Å². The third kappa shape index (κ3) is 3.56. The maximum Gasteiger partial charge on any atom is 0.257 e. The third-order valence-electron chi connectivity index (χ3n) is 4.63. The summed E-state index contributed by atoms with van der Waals surface area (Å²) in [5.74, 6) is 0.514. The molecule has 2 aliphatic rings. The molecule has 1 aromatic heterocycles. The lowest BCUT2D eigenvalue weighted by molar-refractivity contribution is -0.149. The summed E-state index contributed by atoms with van der Waals surface area (Å²) in [6, 6.07) is 0. The Balaban J connectivity index is 1.68. The number of morpholine rings is 1. The Kier molecular flexibility index (Phi) is 5.08. The van der Waals surface area contributed by atoms with Crippen molar-refractivity contribution in [1.29, 1.82) is 0 Å². The minimum atomic E-state index is -0.563. The molecule has 0 bridgehead atoms. The Bertz CT molecular complexity index is 628. The van der Waals surface area contributed by atoms with E-state index >= 15 is 0 Å². The Morgan fingerprint density at radius 1 is 1.12 bits per heavy atom. The zero-order valence-corrected chi connectivity index (χ0v) is 14.3. The van der Waals surface area contributed by atoms with E-state index in [1.54, 1.807) is 24.9 Å². The van der Waals surface area contributed by atoms with Crippen molar-refractivity contribution in [3.63, 3.8) is 0 Å². The number of piperidine rings is 1. The van der Waals surface area contributed by atoms with E-state index in [0.29, 0.717) is 36.8 Å². The highest BCUT2D eigenvalue weighted by Crippen LogP contribution is 2.16. The van der Waals surface area contributed by atoms with E-state index in [9.17, 15) is 9.59 Å². The summed E-state index contributed by atoms with van der Waals surface area (Å²) in [4.78, 5) is 37.3. The van der Waals surface area contributed by atoms with Gasteiger partial charge in [-0.15, -0.1) is 0 Å². The number of hydrogen-bond donors (Lipinski definition) is 0. The zero-order valence-electron chi connectivity index (χ0n) is 14.3. The van der Waals surface area contributed by atoms with Crippen LogP contribution in [0.3, 0.4) is 0 Å². The monoisotopic (exact) mass is 332 g/mol. The topological polar surface area (TPSA) is 75.6 Å². The fraction of sp³-hybridized carbons (Fsp3) is 0.647. The van der Waals surface area contributed by atoms with E-state index in [0.717, 1.165) is 25.9 Å². The summed E-state index contributed by atoms with van der Waals surface area (Å²) < 4.78 is 5.64. The van der Waals surface area contributed by atoms with Gasteiger partial charge in [0.1, 0.15) is 5.82 Å². The second kappa shape index (κ2) is 7.25. The number of aromatic nitrogens is 2. The summed E-state index contributed by atoms with van der Waals surface area (Å²) in [6.07, 6.45) is 4.26. The molecule has 0 N–H and O–H groups in total. The molecule has 7 heteroatoms. The molecule has 7 nitrogen and oxygen atoms in total. The number of carbonyl (C=O) groups is 2. The van der Waals surface area contributed by atoms with Crippen LogP contribution < -0.4 is 0 Å². The van der Waals surface area contributed by atoms with Crippen LogP contribution >= 0.6 is 0 Å². The summed E-state index contributed by atoms with van der Waals surface area (Å²) >= 11 is 0. The van der Waals surface area contributed by atoms with Crippen LogP contribution in [-0.2, 0) is 9.53 Å². The van der Waals surface area contributed by atoms with Crippen molar-refractivity contribution in [3.05, 3.63) is 23.3 Å². The summed E-state index contributed by atoms with van der Waals surface area (Å²) in [6.45, 7) is 6.33. The Hall–Kier alpha value is -2.02. The first-order chi connectivity index (χ1) is 11.6. The first-order valence-corrected chi connectivity index (χ1v) is 8.56. The van der Waals surface area contributed by atoms with Crippen molar-refractivity contribution in [3.8, 4) is 0 Å². The normalized spacial score (nSPS) is 21.7. The van der Waals surface area contributed by atoms with E-state index in [4.69, 9.17) is 4.74 Å². The van der Waals surface area contributed by atoms with Gasteiger partial charge in [-0.05, 0) is 33.1 Å². The maximum absolute atomic E-state index is 12.7. The van der Waals surface area contributed by atoms with Gasteiger partial charge >= 0.3 is 0 Å². The zero-order chi connectivity index (χ0) is 17.1. The summed E-state index contributed by atoms with van der Waals surface area (Å²) in [5, 5.41) is 0. The van der Waals surface area contributed by atoms with Crippen LogP contribution in [0.4, 0.5) is 0 Å². The summed E-state index contributed by atoms with van der Waals surface area (Å²) in [7, 11) is 0. The number of carbonyl (C=O) groups excluding carboxylic acids is 2. The molecule has 1 atom stereocenters. The molecule has 1 aromatic rings. The Morgan fingerprint density at radius 2 is 1.88 bits per heavy atom. The first kappa shape index (κ1) is 16.8. The van der Waals surface area contributed by atoms with Gasteiger partial charge in [0.05, 0.1) is 24.4 Å². The molecular formula is C17H24N4O3. The molecule has 3 rings (SSSR count). The highest BCUT2D eigenvalue weighted by molar-refractivity contribution is 5.95. The van der Waals surface area contributed by atoms with Crippen molar-refractivity contribution >= 4 is 11.8 Å². The van der Waals surface area contributed by atoms with E-state index in [2.05, 4.69) is 9.97 Å². The van der Waals surface area contributed by atoms with Crippen molar-refractivity contribution < 1.29 is 14.3 Å². The molecule has 0 saturated carbocycles. The minimum absolute atomic E-state index is 0.00378. The lowest BCUT2D eigenvalue weighted by Gasteiger charge is -2.36. The lowest BCUT2D eigenvalue weighted by Crippen LogP contribution is -2.53. The highest BCUT2D eigenvalue weighted by Gasteiger charge is 2.33. The first-order valence-electron chi connectivity index (χ1n) is 8.56. The molecule has 3 heterocycles. The molecule has 2 saturated heterocycles. The van der Waals surface area contributed by atoms with Crippen molar-refractivity contribution in [2.45, 2.75) is 39.2 Å². The quantitative estimate of drug-likeness (QED) is 0.806. The number of aryl methyl sites for hydroxylation is 2. The van der Waals surface area contributed by atoms with E-state index < -0.39 is 6.10 Å². The molecule has 130 valence electrons. The number of likely N-dealkylation sites (tertiary alicyclic amines) is 1. The molecule has 0 aliphatic carbocycles. The molecule has 24 heavy (non-hydrogen) atoms. The predicted molar refractivity (Wildman–Crippen MR) is 87.6 cm³/mol. The highest BCUT2D eigenvalue weighted by atomic mass is 16.5. The van der Waals surface area contributed by atoms with Gasteiger partial charge in [-0.1, -0.05) is 0 Å². The molecule has 0 unspecified atom stereocenters. The fourth-order valence-electron chi connectivity index (χ4n) is 3.26. The van der Waals surface area contributed by atoms with Crippen molar-refractivity contribution in [1.82, 2.24) is 19.8 Å². The lowest BCUT2D eigenvalue weighted by atomic mass is 10.1. The SMILES string of the molecule is Cc1ncc(C(=O)N2CCO[C@@H](C(=O)N3CCCCC3)C2)c(C)n1. The van der Waals surface area contributed by atoms with Crippen molar-refractivity contribution in [2.75, 3.05) is 32.8 Å². The van der Waals surface area contributed by atoms with Gasteiger partial charge in [-0.25, -0.2) is 9.97 Å². The maximum atomic E-state index is 12.7. The van der Waals surface area contributed by atoms with Crippen LogP contribution in [0.2, 0.25) is 0 Å². The van der Waals surface area contributed by atoms with Gasteiger partial charge in [-0.2, -0.15) is 0 Å². The second-order valence-corrected chi connectivity index (χ2v) is 6.41. The van der Waals surface area contributed by atoms with Gasteiger partial charge in [-0.3, -0.25) is 9.59 Å². The summed E-state index contributed by atoms with van der Waals surface area (Å²) in [5.41, 5.74) is 1.16. The standard InChI is InChI=1S/C17H24N4O3/c1-12-14(10-18-13(2)19-12)16(22)21-8-9-24-15(11-21)17(23)20-6-4-3-5-7-20/h10,15H,3-9,11H2,1-2H3/t15-/m1/s1. The Morgan fingerprint density at radius 3 is 2.58 bits per heavy atom. The molecule has 2 fully saturated rings. The number of nitrogens with zero attached hydrogens (tertiary/aromatic N) is 4. The number of ether oxygens (including phenoxy) is 1. The molecule has 2 amide bonds. The molecule has 0 aromatic carbocycles. The van der Waals surface area contributed by atoms with E-state index in [-0.39, 0.29) is 11.8 Å². The van der Waals surface area contributed by atoms with Gasteiger partial charge in [0.25, 0.3) is 11.8 Å². The fourth-order valence-corrected chi connectivity index (χ4v) is 3.26. The minimum Gasteiger partial charge on any atom is -0.365 e. The van der Waals surface area contributed by atoms with Gasteiger partial charge in [0.2, 0.25) is 0 Å². The van der Waals surface area contributed by atoms with Crippen LogP contribution in [0, 0.1) is 13.8 Å². The number of rotatable bonds is 2.